The third-order valence-electron chi connectivity index (χ3n) is 15.5. The summed E-state index contributed by atoms with van der Waals surface area (Å²) in [7, 11) is 0. The molecule has 80 valence electrons. The number of rotatable bonds is 1. The number of ketones is 1. The molecule has 10 aliphatic rings. The third kappa shape index (κ3) is 0.0384. The first kappa shape index (κ1) is 5.20. The minimum absolute atomic E-state index is 0.262. The topological polar surface area (TPSA) is 43.1 Å². The van der Waals surface area contributed by atoms with Gasteiger partial charge in [-0.25, -0.2) is 0 Å². The molecule has 10 rings (SSSR count). The number of Topliss-reactive ketones (excluding diaryl/α,β-unsaturated/α-hetero) is 1. The predicted molar refractivity (Wildman–Crippen MR) is 50.3 cm³/mol. The van der Waals surface area contributed by atoms with Crippen molar-refractivity contribution in [3.05, 3.63) is 0 Å². The maximum atomic E-state index is 12.4. The van der Waals surface area contributed by atoms with Crippen LogP contribution in [0, 0.1) is 0 Å². The van der Waals surface area contributed by atoms with Crippen molar-refractivity contribution in [1.82, 2.24) is 0 Å². The van der Waals surface area contributed by atoms with Gasteiger partial charge in [0.05, 0.1) is 0 Å². The Morgan fingerprint density at radius 2 is 1.60 bits per heavy atom. The van der Waals surface area contributed by atoms with Gasteiger partial charge in [-0.05, 0) is 0 Å². The van der Waals surface area contributed by atoms with E-state index in [-0.39, 0.29) is 8.75 Å². The van der Waals surface area contributed by atoms with Crippen molar-refractivity contribution >= 4 is 5.78 Å². The molecule has 10 saturated heterocycles. The Hall–Kier alpha value is 0.149. The van der Waals surface area contributed by atoms with Crippen molar-refractivity contribution < 1.29 is 11.3 Å². The molecule has 3 heteroatoms. The molecule has 0 aromatic carbocycles. The van der Waals surface area contributed by atoms with Gasteiger partial charge in [0, 0.05) is 0 Å². The first-order chi connectivity index (χ1) is 6.88. The molecule has 0 amide bonds. The molecule has 2 nitrogen and oxygen atoms in total. The zero-order valence-electron chi connectivity index (χ0n) is 8.46. The number of hydrogen-bond donors (Lipinski definition) is 1. The summed E-state index contributed by atoms with van der Waals surface area (Å²) in [5.41, 5.74) is 6.97. The summed E-state index contributed by atoms with van der Waals surface area (Å²) in [5, 5.41) is 0. The van der Waals surface area contributed by atoms with Gasteiger partial charge in [0.1, 0.15) is 0 Å². The molecule has 1 spiro atoms. The Bertz CT molecular complexity index is 967. The molecular formula is C12H13FeNO. The molecule has 0 aromatic heterocycles. The molecule has 10 fully saturated rings. The van der Waals surface area contributed by atoms with E-state index in [1.54, 1.807) is 0 Å². The van der Waals surface area contributed by atoms with E-state index in [1.807, 2.05) is 6.92 Å². The Labute approximate surface area is 77.2 Å². The van der Waals surface area contributed by atoms with Gasteiger partial charge >= 0.3 is 77.0 Å². The maximum absolute atomic E-state index is 12.4. The second kappa shape index (κ2) is 0.346. The van der Waals surface area contributed by atoms with Crippen LogP contribution in [0.3, 0.4) is 0 Å². The summed E-state index contributed by atoms with van der Waals surface area (Å²) >= 11 is 0. The molecule has 2 N–H and O–H groups in total. The zero-order chi connectivity index (χ0) is 9.51. The van der Waals surface area contributed by atoms with E-state index in [1.165, 1.54) is 28.9 Å². The standard InChI is InChI=1S/C7H8NO.C5H5.Fe/c1-5(9)6-3-2-4-7(6)8;1-2-4-5-3-1;/h2-4H,8H2,1H3;1-5H;. The summed E-state index contributed by atoms with van der Waals surface area (Å²) in [6.07, 6.45) is 0. The van der Waals surface area contributed by atoms with E-state index in [0.29, 0.717) is 5.78 Å². The molecule has 5 atom stereocenters. The average molecular weight is 243 g/mol. The predicted octanol–water partition coefficient (Wildman–Crippen LogP) is 2.20. The summed E-state index contributed by atoms with van der Waals surface area (Å²) in [6, 6.07) is 0. The van der Waals surface area contributed by atoms with Gasteiger partial charge in [0.2, 0.25) is 0 Å². The summed E-state index contributed by atoms with van der Waals surface area (Å²) in [4.78, 5) is 21.5. The van der Waals surface area contributed by atoms with Crippen LogP contribution in [0.4, 0.5) is 0 Å². The van der Waals surface area contributed by atoms with E-state index >= 15 is 0 Å². The van der Waals surface area contributed by atoms with E-state index in [2.05, 4.69) is 0 Å². The average Bonchev–Trinajstić information content (AvgIpc) is 3.10. The molecule has 5 unspecified atom stereocenters. The van der Waals surface area contributed by atoms with Crippen LogP contribution in [0.5, 0.6) is 0 Å². The van der Waals surface area contributed by atoms with Gasteiger partial charge in [-0.15, -0.1) is 0 Å². The molecule has 10 heterocycles. The van der Waals surface area contributed by atoms with Crippen molar-refractivity contribution in [2.75, 3.05) is 0 Å². The van der Waals surface area contributed by atoms with Crippen molar-refractivity contribution in [2.45, 2.75) is 54.2 Å². The van der Waals surface area contributed by atoms with Gasteiger partial charge in [-0.3, -0.25) is 0 Å². The van der Waals surface area contributed by atoms with Gasteiger partial charge < -0.3 is 0 Å². The van der Waals surface area contributed by atoms with E-state index < -0.39 is 6.51 Å². The first-order valence-corrected chi connectivity index (χ1v) is 12.6. The Kier molecular flexibility index (Phi) is 0.120. The van der Waals surface area contributed by atoms with Gasteiger partial charge in [0.15, 0.2) is 0 Å². The van der Waals surface area contributed by atoms with Crippen molar-refractivity contribution in [2.24, 2.45) is 5.73 Å². The molecular weight excluding hydrogens is 230 g/mol. The minimum atomic E-state index is -3.33. The van der Waals surface area contributed by atoms with Gasteiger partial charge in [0.25, 0.3) is 0 Å². The fourth-order valence-electron chi connectivity index (χ4n) is 17.7. The van der Waals surface area contributed by atoms with Crippen LogP contribution in [-0.2, 0) is 11.3 Å². The molecule has 10 aliphatic heterocycles. The first-order valence-electron chi connectivity index (χ1n) is 6.39. The number of nitrogens with two attached hydrogens (primary N) is 1. The van der Waals surface area contributed by atoms with E-state index in [9.17, 15) is 4.79 Å². The second-order valence-corrected chi connectivity index (χ2v) is 33.6. The quantitative estimate of drug-likeness (QED) is 0.717. The summed E-state index contributed by atoms with van der Waals surface area (Å²) < 4.78 is 0.532. The van der Waals surface area contributed by atoms with Crippen LogP contribution in [0.25, 0.3) is 0 Å². The molecule has 0 saturated carbocycles. The normalized spacial score (nSPS) is 138. The molecule has 15 heavy (non-hydrogen) atoms. The number of carbonyl (C=O) groups excluding carboxylic acids is 1. The van der Waals surface area contributed by atoms with Crippen molar-refractivity contribution in [3.8, 4) is 0 Å². The monoisotopic (exact) mass is 243 g/mol. The number of fused-ring (bicyclic) bond motifs is 10. The van der Waals surface area contributed by atoms with Crippen LogP contribution in [0.15, 0.2) is 0 Å². The summed E-state index contributed by atoms with van der Waals surface area (Å²) in [5.74, 6) is 0.589. The SMILES string of the molecule is CC(=O)[C]12[CH]3[CH]4[CH]5[C]1(N)[Fe]45321678[CH]2[CH]1[CH]6[CH]7[CH]28. The Morgan fingerprint density at radius 3 is 1.67 bits per heavy atom. The number of hydrogen-bond acceptors (Lipinski definition) is 2. The molecule has 0 aromatic rings. The Balaban J connectivity index is 1.95. The fraction of sp³-hybridized carbons (Fsp3) is 0.917. The van der Waals surface area contributed by atoms with Gasteiger partial charge in [-0.2, -0.15) is 0 Å². The molecule has 0 radical (unpaired) electrons. The van der Waals surface area contributed by atoms with Crippen LogP contribution < -0.4 is 5.73 Å². The van der Waals surface area contributed by atoms with Crippen LogP contribution in [0.2, 0.25) is 42.8 Å². The summed E-state index contributed by atoms with van der Waals surface area (Å²) in [6.45, 7) is -1.42. The second-order valence-electron chi connectivity index (χ2n) is 10.4. The van der Waals surface area contributed by atoms with Gasteiger partial charge in [-0.1, -0.05) is 0 Å². The fourth-order valence-corrected chi connectivity index (χ4v) is 92.5. The third-order valence-corrected chi connectivity index (χ3v) is 58.3. The van der Waals surface area contributed by atoms with Crippen LogP contribution >= 0.6 is 0 Å². The zero-order valence-corrected chi connectivity index (χ0v) is 9.56. The van der Waals surface area contributed by atoms with E-state index in [4.69, 9.17) is 5.73 Å². The van der Waals surface area contributed by atoms with Crippen molar-refractivity contribution in [1.29, 1.82) is 0 Å². The van der Waals surface area contributed by atoms with Crippen LogP contribution in [-0.4, -0.2) is 10.2 Å². The van der Waals surface area contributed by atoms with Crippen LogP contribution in [0.1, 0.15) is 6.92 Å². The number of carbonyl (C=O) groups is 1. The Morgan fingerprint density at radius 1 is 1.07 bits per heavy atom. The molecule has 0 aliphatic carbocycles. The molecule has 0 bridgehead atoms. The van der Waals surface area contributed by atoms with E-state index in [0.717, 1.165) is 9.63 Å². The van der Waals surface area contributed by atoms with Crippen molar-refractivity contribution in [3.63, 3.8) is 0 Å².